The van der Waals surface area contributed by atoms with Gasteiger partial charge in [-0.25, -0.2) is 9.97 Å². The molecule has 5 heteroatoms. The fourth-order valence-corrected chi connectivity index (χ4v) is 2.15. The standard InChI is InChI=1S/C14H12ClN3O/c1-8-3-5-11-14(16-8)18-13(17-11)10-7-9(15)4-6-12(10)19-2/h3-7H,1-2H3,(H,16,17,18). The minimum absolute atomic E-state index is 0.639. The van der Waals surface area contributed by atoms with Gasteiger partial charge in [0.05, 0.1) is 18.2 Å². The Morgan fingerprint density at radius 1 is 1.16 bits per heavy atom. The van der Waals surface area contributed by atoms with Crippen molar-refractivity contribution < 1.29 is 4.74 Å². The SMILES string of the molecule is COc1ccc(Cl)cc1-c1nc2nc(C)ccc2[nH]1. The number of aromatic nitrogens is 3. The summed E-state index contributed by atoms with van der Waals surface area (Å²) in [6.07, 6.45) is 0. The third-order valence-corrected chi connectivity index (χ3v) is 3.14. The molecule has 0 aliphatic carbocycles. The summed E-state index contributed by atoms with van der Waals surface area (Å²) in [6.45, 7) is 1.94. The van der Waals surface area contributed by atoms with Gasteiger partial charge >= 0.3 is 0 Å². The first-order valence-electron chi connectivity index (χ1n) is 5.84. The van der Waals surface area contributed by atoms with Crippen molar-refractivity contribution in [3.05, 3.63) is 41.0 Å². The number of H-pyrrole nitrogens is 1. The molecule has 0 unspecified atom stereocenters. The van der Waals surface area contributed by atoms with Crippen molar-refractivity contribution >= 4 is 22.8 Å². The van der Waals surface area contributed by atoms with Gasteiger partial charge in [-0.05, 0) is 37.3 Å². The normalized spacial score (nSPS) is 10.9. The first-order valence-corrected chi connectivity index (χ1v) is 6.22. The largest absolute Gasteiger partial charge is 0.496 e. The van der Waals surface area contributed by atoms with Gasteiger partial charge in [-0.1, -0.05) is 11.6 Å². The van der Waals surface area contributed by atoms with Crippen molar-refractivity contribution in [1.82, 2.24) is 15.0 Å². The van der Waals surface area contributed by atoms with Crippen LogP contribution in [0.25, 0.3) is 22.6 Å². The molecule has 0 radical (unpaired) electrons. The average Bonchev–Trinajstić information content (AvgIpc) is 2.81. The zero-order valence-electron chi connectivity index (χ0n) is 10.6. The Morgan fingerprint density at radius 2 is 2.00 bits per heavy atom. The fraction of sp³-hybridized carbons (Fsp3) is 0.143. The lowest BCUT2D eigenvalue weighted by Gasteiger charge is -2.05. The molecule has 96 valence electrons. The van der Waals surface area contributed by atoms with E-state index in [-0.39, 0.29) is 0 Å². The first kappa shape index (κ1) is 12.0. The number of methoxy groups -OCH3 is 1. The molecule has 3 aromatic rings. The van der Waals surface area contributed by atoms with Crippen molar-refractivity contribution in [2.45, 2.75) is 6.92 Å². The number of pyridine rings is 1. The minimum Gasteiger partial charge on any atom is -0.496 e. The number of ether oxygens (including phenoxy) is 1. The molecular formula is C14H12ClN3O. The molecule has 0 bridgehead atoms. The van der Waals surface area contributed by atoms with Gasteiger partial charge in [0.15, 0.2) is 5.65 Å². The summed E-state index contributed by atoms with van der Waals surface area (Å²) in [5.74, 6) is 1.42. The maximum absolute atomic E-state index is 6.03. The number of aryl methyl sites for hydroxylation is 1. The fourth-order valence-electron chi connectivity index (χ4n) is 1.98. The van der Waals surface area contributed by atoms with Crippen molar-refractivity contribution in [3.63, 3.8) is 0 Å². The summed E-state index contributed by atoms with van der Waals surface area (Å²) < 4.78 is 5.34. The van der Waals surface area contributed by atoms with Crippen LogP contribution in [0.3, 0.4) is 0 Å². The van der Waals surface area contributed by atoms with E-state index in [4.69, 9.17) is 16.3 Å². The van der Waals surface area contributed by atoms with Gasteiger partial charge in [0, 0.05) is 10.7 Å². The Labute approximate surface area is 115 Å². The van der Waals surface area contributed by atoms with Gasteiger partial charge in [-0.2, -0.15) is 0 Å². The van der Waals surface area contributed by atoms with Crippen LogP contribution in [-0.4, -0.2) is 22.1 Å². The van der Waals surface area contributed by atoms with E-state index in [0.29, 0.717) is 16.5 Å². The monoisotopic (exact) mass is 273 g/mol. The molecule has 0 spiro atoms. The van der Waals surface area contributed by atoms with Crippen LogP contribution in [0.2, 0.25) is 5.02 Å². The van der Waals surface area contributed by atoms with E-state index in [1.54, 1.807) is 13.2 Å². The summed E-state index contributed by atoms with van der Waals surface area (Å²) in [7, 11) is 1.62. The van der Waals surface area contributed by atoms with E-state index in [9.17, 15) is 0 Å². The number of fused-ring (bicyclic) bond motifs is 1. The molecule has 19 heavy (non-hydrogen) atoms. The summed E-state index contributed by atoms with van der Waals surface area (Å²) in [4.78, 5) is 12.1. The van der Waals surface area contributed by atoms with Gasteiger partial charge < -0.3 is 9.72 Å². The lowest BCUT2D eigenvalue weighted by Crippen LogP contribution is -1.89. The summed E-state index contributed by atoms with van der Waals surface area (Å²) in [5.41, 5.74) is 3.34. The number of imidazole rings is 1. The van der Waals surface area contributed by atoms with E-state index in [1.807, 2.05) is 31.2 Å². The second-order valence-electron chi connectivity index (χ2n) is 4.25. The molecule has 0 saturated carbocycles. The molecule has 2 aromatic heterocycles. The number of aromatic amines is 1. The Hall–Kier alpha value is -2.07. The zero-order valence-corrected chi connectivity index (χ0v) is 11.3. The summed E-state index contributed by atoms with van der Waals surface area (Å²) >= 11 is 6.03. The van der Waals surface area contributed by atoms with Crippen molar-refractivity contribution in [3.8, 4) is 17.1 Å². The van der Waals surface area contributed by atoms with Crippen LogP contribution in [0.4, 0.5) is 0 Å². The molecule has 0 saturated heterocycles. The van der Waals surface area contributed by atoms with E-state index in [1.165, 1.54) is 0 Å². The highest BCUT2D eigenvalue weighted by atomic mass is 35.5. The lowest BCUT2D eigenvalue weighted by molar-refractivity contribution is 0.416. The van der Waals surface area contributed by atoms with Crippen LogP contribution in [0, 0.1) is 6.92 Å². The number of nitrogens with one attached hydrogen (secondary N) is 1. The highest BCUT2D eigenvalue weighted by Crippen LogP contribution is 2.31. The average molecular weight is 274 g/mol. The predicted octanol–water partition coefficient (Wildman–Crippen LogP) is 3.60. The van der Waals surface area contributed by atoms with Gasteiger partial charge in [0.25, 0.3) is 0 Å². The molecule has 4 nitrogen and oxygen atoms in total. The number of benzene rings is 1. The van der Waals surface area contributed by atoms with E-state index >= 15 is 0 Å². The first-order chi connectivity index (χ1) is 9.17. The van der Waals surface area contributed by atoms with Gasteiger partial charge in [-0.3, -0.25) is 0 Å². The van der Waals surface area contributed by atoms with Crippen LogP contribution >= 0.6 is 11.6 Å². The van der Waals surface area contributed by atoms with Gasteiger partial charge in [0.1, 0.15) is 11.6 Å². The number of hydrogen-bond donors (Lipinski definition) is 1. The molecule has 0 atom stereocenters. The lowest BCUT2D eigenvalue weighted by atomic mass is 10.2. The van der Waals surface area contributed by atoms with E-state index in [2.05, 4.69) is 15.0 Å². The highest BCUT2D eigenvalue weighted by molar-refractivity contribution is 6.30. The molecule has 0 aliphatic rings. The number of hydrogen-bond acceptors (Lipinski definition) is 3. The predicted molar refractivity (Wildman–Crippen MR) is 75.6 cm³/mol. The molecule has 1 N–H and O–H groups in total. The minimum atomic E-state index is 0.639. The Bertz CT molecular complexity index is 752. The Morgan fingerprint density at radius 3 is 2.79 bits per heavy atom. The Kier molecular flexibility index (Phi) is 2.87. The molecular weight excluding hydrogens is 262 g/mol. The molecule has 0 aliphatic heterocycles. The third kappa shape index (κ3) is 2.15. The van der Waals surface area contributed by atoms with Crippen molar-refractivity contribution in [2.24, 2.45) is 0 Å². The Balaban J connectivity index is 2.21. The molecule has 0 amide bonds. The van der Waals surface area contributed by atoms with Crippen LogP contribution < -0.4 is 4.74 Å². The van der Waals surface area contributed by atoms with Crippen LogP contribution in [0.15, 0.2) is 30.3 Å². The summed E-state index contributed by atoms with van der Waals surface area (Å²) in [6, 6.07) is 9.34. The zero-order chi connectivity index (χ0) is 13.4. The van der Waals surface area contributed by atoms with Crippen LogP contribution in [0.5, 0.6) is 5.75 Å². The van der Waals surface area contributed by atoms with Crippen molar-refractivity contribution in [1.29, 1.82) is 0 Å². The van der Waals surface area contributed by atoms with Gasteiger partial charge in [0.2, 0.25) is 0 Å². The van der Waals surface area contributed by atoms with Crippen molar-refractivity contribution in [2.75, 3.05) is 7.11 Å². The smallest absolute Gasteiger partial charge is 0.178 e. The maximum Gasteiger partial charge on any atom is 0.178 e. The van der Waals surface area contributed by atoms with Gasteiger partial charge in [-0.15, -0.1) is 0 Å². The number of nitrogens with zero attached hydrogens (tertiary/aromatic N) is 2. The third-order valence-electron chi connectivity index (χ3n) is 2.90. The molecule has 2 heterocycles. The molecule has 3 rings (SSSR count). The molecule has 0 fully saturated rings. The maximum atomic E-state index is 6.03. The summed E-state index contributed by atoms with van der Waals surface area (Å²) in [5, 5.41) is 0.639. The number of halogens is 1. The quantitative estimate of drug-likeness (QED) is 0.776. The van der Waals surface area contributed by atoms with E-state index < -0.39 is 0 Å². The van der Waals surface area contributed by atoms with Crippen LogP contribution in [-0.2, 0) is 0 Å². The highest BCUT2D eigenvalue weighted by Gasteiger charge is 2.12. The topological polar surface area (TPSA) is 50.8 Å². The second-order valence-corrected chi connectivity index (χ2v) is 4.69. The number of rotatable bonds is 2. The van der Waals surface area contributed by atoms with E-state index in [0.717, 1.165) is 22.5 Å². The molecule has 1 aromatic carbocycles. The second kappa shape index (κ2) is 4.55. The van der Waals surface area contributed by atoms with Crippen LogP contribution in [0.1, 0.15) is 5.69 Å².